The number of rotatable bonds is 6. The third-order valence-corrected chi connectivity index (χ3v) is 3.62. The van der Waals surface area contributed by atoms with Crippen LogP contribution in [-0.2, 0) is 9.53 Å². The second-order valence-corrected chi connectivity index (χ2v) is 5.33. The fourth-order valence-electron chi connectivity index (χ4n) is 2.36. The molecule has 0 bridgehead atoms. The third kappa shape index (κ3) is 4.91. The third-order valence-electron chi connectivity index (χ3n) is 3.62. The predicted molar refractivity (Wildman–Crippen MR) is 94.6 cm³/mol. The van der Waals surface area contributed by atoms with Gasteiger partial charge in [-0.05, 0) is 30.3 Å². The molecule has 2 amide bonds. The summed E-state index contributed by atoms with van der Waals surface area (Å²) >= 11 is 0. The summed E-state index contributed by atoms with van der Waals surface area (Å²) in [6, 6.07) is 15.5. The maximum Gasteiger partial charge on any atom is 0.337 e. The molecular weight excluding hydrogens is 320 g/mol. The monoisotopic (exact) mass is 340 g/mol. The van der Waals surface area contributed by atoms with E-state index in [-0.39, 0.29) is 18.4 Å². The second kappa shape index (κ2) is 8.63. The van der Waals surface area contributed by atoms with Crippen LogP contribution in [0.4, 0.5) is 5.69 Å². The van der Waals surface area contributed by atoms with Gasteiger partial charge in [0.25, 0.3) is 5.91 Å². The minimum Gasteiger partial charge on any atom is -0.465 e. The lowest BCUT2D eigenvalue weighted by Gasteiger charge is -2.22. The number of nitrogens with zero attached hydrogens (tertiary/aromatic N) is 1. The molecule has 0 unspecified atom stereocenters. The smallest absolute Gasteiger partial charge is 0.337 e. The van der Waals surface area contributed by atoms with Crippen LogP contribution >= 0.6 is 0 Å². The minimum absolute atomic E-state index is 0.184. The van der Waals surface area contributed by atoms with Crippen molar-refractivity contribution in [2.45, 2.75) is 6.92 Å². The van der Waals surface area contributed by atoms with Crippen molar-refractivity contribution in [2.75, 3.05) is 25.1 Å². The Morgan fingerprint density at radius 1 is 1.00 bits per heavy atom. The van der Waals surface area contributed by atoms with Gasteiger partial charge in [-0.1, -0.05) is 24.3 Å². The molecule has 2 aromatic rings. The quantitative estimate of drug-likeness (QED) is 0.819. The molecule has 130 valence electrons. The first kappa shape index (κ1) is 18.2. The predicted octanol–water partition coefficient (Wildman–Crippen LogP) is 2.26. The number of methoxy groups -OCH3 is 1. The number of esters is 1. The topological polar surface area (TPSA) is 75.7 Å². The second-order valence-electron chi connectivity index (χ2n) is 5.33. The molecule has 0 spiro atoms. The van der Waals surface area contributed by atoms with E-state index in [1.165, 1.54) is 18.9 Å². The lowest BCUT2D eigenvalue weighted by molar-refractivity contribution is -0.116. The number of carbonyl (C=O) groups excluding carboxylic acids is 3. The van der Waals surface area contributed by atoms with Crippen molar-refractivity contribution in [1.29, 1.82) is 0 Å². The van der Waals surface area contributed by atoms with Gasteiger partial charge in [-0.25, -0.2) is 4.79 Å². The number of hydrogen-bond acceptors (Lipinski definition) is 4. The summed E-state index contributed by atoms with van der Waals surface area (Å²) in [5.74, 6) is -0.855. The molecule has 0 aromatic heterocycles. The van der Waals surface area contributed by atoms with Crippen molar-refractivity contribution >= 4 is 23.5 Å². The molecule has 2 rings (SSSR count). The number of hydrogen-bond donors (Lipinski definition) is 1. The van der Waals surface area contributed by atoms with Gasteiger partial charge in [0, 0.05) is 31.3 Å². The number of benzene rings is 2. The molecule has 0 aliphatic rings. The highest BCUT2D eigenvalue weighted by Crippen LogP contribution is 2.17. The lowest BCUT2D eigenvalue weighted by atomic mass is 10.2. The molecule has 0 fully saturated rings. The van der Waals surface area contributed by atoms with Gasteiger partial charge in [0.2, 0.25) is 5.91 Å². The van der Waals surface area contributed by atoms with Crippen LogP contribution in [0.5, 0.6) is 0 Å². The Balaban J connectivity index is 2.03. The number of nitrogens with one attached hydrogen (secondary N) is 1. The van der Waals surface area contributed by atoms with Crippen LogP contribution in [0.3, 0.4) is 0 Å². The number of carbonyl (C=O) groups is 3. The zero-order valence-electron chi connectivity index (χ0n) is 14.2. The van der Waals surface area contributed by atoms with Gasteiger partial charge in [-0.3, -0.25) is 9.59 Å². The van der Waals surface area contributed by atoms with Gasteiger partial charge in [0.1, 0.15) is 0 Å². The molecule has 0 radical (unpaired) electrons. The van der Waals surface area contributed by atoms with Gasteiger partial charge >= 0.3 is 5.97 Å². The Morgan fingerprint density at radius 3 is 2.32 bits per heavy atom. The largest absolute Gasteiger partial charge is 0.465 e. The molecule has 0 saturated heterocycles. The van der Waals surface area contributed by atoms with E-state index in [9.17, 15) is 14.4 Å². The average molecular weight is 340 g/mol. The standard InChI is InChI=1S/C19H20N2O4/c1-14(22)21(17-10-6-9-16(13-17)19(24)25-2)12-11-20-18(23)15-7-4-3-5-8-15/h3-10,13H,11-12H2,1-2H3,(H,20,23). The highest BCUT2D eigenvalue weighted by molar-refractivity contribution is 5.96. The summed E-state index contributed by atoms with van der Waals surface area (Å²) in [6.45, 7) is 2.01. The van der Waals surface area contributed by atoms with Crippen LogP contribution in [0, 0.1) is 0 Å². The first-order chi connectivity index (χ1) is 12.0. The number of ether oxygens (including phenoxy) is 1. The van der Waals surface area contributed by atoms with Crippen molar-refractivity contribution in [3.05, 3.63) is 65.7 Å². The van der Waals surface area contributed by atoms with Gasteiger partial charge in [-0.15, -0.1) is 0 Å². The lowest BCUT2D eigenvalue weighted by Crippen LogP contribution is -2.37. The van der Waals surface area contributed by atoms with Crippen molar-refractivity contribution in [2.24, 2.45) is 0 Å². The number of amides is 2. The summed E-state index contributed by atoms with van der Waals surface area (Å²) < 4.78 is 4.69. The summed E-state index contributed by atoms with van der Waals surface area (Å²) in [4.78, 5) is 37.1. The maximum absolute atomic E-state index is 12.0. The molecule has 0 aliphatic carbocycles. The summed E-state index contributed by atoms with van der Waals surface area (Å²) in [5.41, 5.74) is 1.49. The fraction of sp³-hybridized carbons (Fsp3) is 0.211. The first-order valence-corrected chi connectivity index (χ1v) is 7.82. The van der Waals surface area contributed by atoms with Gasteiger partial charge in [0.05, 0.1) is 12.7 Å². The first-order valence-electron chi connectivity index (χ1n) is 7.82. The van der Waals surface area contributed by atoms with Crippen LogP contribution < -0.4 is 10.2 Å². The van der Waals surface area contributed by atoms with E-state index in [1.54, 1.807) is 48.5 Å². The SMILES string of the molecule is COC(=O)c1cccc(N(CCNC(=O)c2ccccc2)C(C)=O)c1. The van der Waals surface area contributed by atoms with Crippen molar-refractivity contribution in [3.8, 4) is 0 Å². The van der Waals surface area contributed by atoms with Gasteiger partial charge < -0.3 is 15.0 Å². The highest BCUT2D eigenvalue weighted by atomic mass is 16.5. The van der Waals surface area contributed by atoms with Crippen LogP contribution in [0.1, 0.15) is 27.6 Å². The van der Waals surface area contributed by atoms with Crippen LogP contribution in [0.25, 0.3) is 0 Å². The Hall–Kier alpha value is -3.15. The summed E-state index contributed by atoms with van der Waals surface area (Å²) in [5, 5.41) is 2.78. The normalized spacial score (nSPS) is 10.0. The van der Waals surface area contributed by atoms with E-state index >= 15 is 0 Å². The Bertz CT molecular complexity index is 759. The van der Waals surface area contributed by atoms with Crippen molar-refractivity contribution < 1.29 is 19.1 Å². The zero-order valence-corrected chi connectivity index (χ0v) is 14.2. The zero-order chi connectivity index (χ0) is 18.2. The Morgan fingerprint density at radius 2 is 1.68 bits per heavy atom. The minimum atomic E-state index is -0.470. The molecule has 0 saturated carbocycles. The molecule has 25 heavy (non-hydrogen) atoms. The summed E-state index contributed by atoms with van der Waals surface area (Å²) in [7, 11) is 1.30. The van der Waals surface area contributed by atoms with Crippen LogP contribution in [-0.4, -0.2) is 38.0 Å². The van der Waals surface area contributed by atoms with Gasteiger partial charge in [0.15, 0.2) is 0 Å². The number of anilines is 1. The molecule has 2 aromatic carbocycles. The molecule has 6 nitrogen and oxygen atoms in total. The average Bonchev–Trinajstić information content (AvgIpc) is 2.64. The summed E-state index contributed by atoms with van der Waals surface area (Å²) in [6.07, 6.45) is 0. The van der Waals surface area contributed by atoms with Gasteiger partial charge in [-0.2, -0.15) is 0 Å². The Labute approximate surface area is 146 Å². The molecular formula is C19H20N2O4. The molecule has 0 atom stereocenters. The van der Waals surface area contributed by atoms with E-state index in [2.05, 4.69) is 5.32 Å². The Kier molecular flexibility index (Phi) is 6.28. The van der Waals surface area contributed by atoms with Crippen molar-refractivity contribution in [3.63, 3.8) is 0 Å². The molecule has 6 heteroatoms. The van der Waals surface area contributed by atoms with E-state index < -0.39 is 5.97 Å². The van der Waals surface area contributed by atoms with E-state index in [0.29, 0.717) is 23.4 Å². The molecule has 0 aliphatic heterocycles. The molecule has 0 heterocycles. The fourth-order valence-corrected chi connectivity index (χ4v) is 2.36. The van der Waals surface area contributed by atoms with Crippen molar-refractivity contribution in [1.82, 2.24) is 5.32 Å². The highest BCUT2D eigenvalue weighted by Gasteiger charge is 2.14. The van der Waals surface area contributed by atoms with Crippen LogP contribution in [0.15, 0.2) is 54.6 Å². The van der Waals surface area contributed by atoms with E-state index in [4.69, 9.17) is 4.74 Å². The van der Waals surface area contributed by atoms with Crippen LogP contribution in [0.2, 0.25) is 0 Å². The maximum atomic E-state index is 12.0. The van der Waals surface area contributed by atoms with E-state index in [0.717, 1.165) is 0 Å². The van der Waals surface area contributed by atoms with E-state index in [1.807, 2.05) is 6.07 Å². The molecule has 1 N–H and O–H groups in total.